The van der Waals surface area contributed by atoms with Crippen LogP contribution in [0.1, 0.15) is 11.5 Å². The number of aromatic hydroxyl groups is 1. The van der Waals surface area contributed by atoms with Crippen LogP contribution >= 0.6 is 23.5 Å². The van der Waals surface area contributed by atoms with Crippen molar-refractivity contribution in [2.45, 2.75) is 11.5 Å². The fourth-order valence-electron chi connectivity index (χ4n) is 0.952. The molecule has 5 heteroatoms. The van der Waals surface area contributed by atoms with Crippen molar-refractivity contribution in [3.05, 3.63) is 17.6 Å². The Bertz CT molecular complexity index is 257. The average molecular weight is 216 g/mol. The van der Waals surface area contributed by atoms with Crippen LogP contribution in [0.4, 0.5) is 0 Å². The Morgan fingerprint density at radius 1 is 1.23 bits per heavy atom. The second-order valence-corrected chi connectivity index (χ2v) is 4.23. The van der Waals surface area contributed by atoms with Gasteiger partial charge in [-0.25, -0.2) is 4.98 Å². The van der Waals surface area contributed by atoms with Crippen LogP contribution in [0.3, 0.4) is 0 Å². The molecule has 0 aliphatic heterocycles. The third kappa shape index (κ3) is 3.44. The number of hydrogen-bond acceptors (Lipinski definition) is 5. The molecule has 0 unspecified atom stereocenters. The van der Waals surface area contributed by atoms with E-state index in [1.807, 2.05) is 12.5 Å². The van der Waals surface area contributed by atoms with E-state index in [-0.39, 0.29) is 5.88 Å². The standard InChI is InChI=1S/C8H12N2OS2/c1-12-4-6-3-8(11)10-7(9-6)5-13-2/h3H,4-5H2,1-2H3,(H,9,10,11). The predicted molar refractivity (Wildman–Crippen MR) is 58.1 cm³/mol. The van der Waals surface area contributed by atoms with Gasteiger partial charge in [-0.1, -0.05) is 0 Å². The van der Waals surface area contributed by atoms with Crippen molar-refractivity contribution in [2.24, 2.45) is 0 Å². The van der Waals surface area contributed by atoms with Crippen LogP contribution < -0.4 is 0 Å². The van der Waals surface area contributed by atoms with Gasteiger partial charge in [-0.3, -0.25) is 0 Å². The average Bonchev–Trinajstić information content (AvgIpc) is 2.04. The first-order chi connectivity index (χ1) is 6.26. The van der Waals surface area contributed by atoms with Gasteiger partial charge in [0.15, 0.2) is 0 Å². The van der Waals surface area contributed by atoms with Crippen molar-refractivity contribution >= 4 is 23.5 Å². The Kier molecular flexibility index (Phi) is 4.38. The SMILES string of the molecule is CSCc1cc(O)nc(CSC)n1. The van der Waals surface area contributed by atoms with Gasteiger partial charge >= 0.3 is 0 Å². The van der Waals surface area contributed by atoms with Crippen molar-refractivity contribution < 1.29 is 5.11 Å². The number of thioether (sulfide) groups is 2. The summed E-state index contributed by atoms with van der Waals surface area (Å²) >= 11 is 3.33. The van der Waals surface area contributed by atoms with E-state index < -0.39 is 0 Å². The molecular weight excluding hydrogens is 204 g/mol. The molecule has 0 bridgehead atoms. The Morgan fingerprint density at radius 3 is 2.54 bits per heavy atom. The summed E-state index contributed by atoms with van der Waals surface area (Å²) in [6.45, 7) is 0. The summed E-state index contributed by atoms with van der Waals surface area (Å²) in [7, 11) is 0. The van der Waals surface area contributed by atoms with Crippen LogP contribution in [-0.2, 0) is 11.5 Å². The lowest BCUT2D eigenvalue weighted by atomic mass is 10.4. The molecule has 13 heavy (non-hydrogen) atoms. The van der Waals surface area contributed by atoms with E-state index in [0.29, 0.717) is 5.82 Å². The highest BCUT2D eigenvalue weighted by Crippen LogP contribution is 2.14. The lowest BCUT2D eigenvalue weighted by Crippen LogP contribution is -1.96. The van der Waals surface area contributed by atoms with E-state index in [4.69, 9.17) is 0 Å². The van der Waals surface area contributed by atoms with Crippen molar-refractivity contribution in [3.8, 4) is 5.88 Å². The molecule has 1 aromatic heterocycles. The zero-order valence-electron chi connectivity index (χ0n) is 7.65. The number of nitrogens with zero attached hydrogens (tertiary/aromatic N) is 2. The Morgan fingerprint density at radius 2 is 1.92 bits per heavy atom. The highest BCUT2D eigenvalue weighted by molar-refractivity contribution is 7.98. The number of rotatable bonds is 4. The maximum Gasteiger partial charge on any atom is 0.214 e. The van der Waals surface area contributed by atoms with Crippen LogP contribution in [0, 0.1) is 0 Å². The van der Waals surface area contributed by atoms with E-state index in [0.717, 1.165) is 17.2 Å². The molecule has 3 nitrogen and oxygen atoms in total. The third-order valence-corrected chi connectivity index (χ3v) is 2.51. The molecule has 0 aliphatic rings. The largest absolute Gasteiger partial charge is 0.493 e. The zero-order valence-corrected chi connectivity index (χ0v) is 9.28. The molecule has 0 fully saturated rings. The molecule has 0 saturated carbocycles. The lowest BCUT2D eigenvalue weighted by molar-refractivity contribution is 0.449. The molecule has 0 radical (unpaired) electrons. The highest BCUT2D eigenvalue weighted by atomic mass is 32.2. The predicted octanol–water partition coefficient (Wildman–Crippen LogP) is 1.91. The summed E-state index contributed by atoms with van der Waals surface area (Å²) in [6.07, 6.45) is 4.00. The lowest BCUT2D eigenvalue weighted by Gasteiger charge is -2.02. The van der Waals surface area contributed by atoms with E-state index in [1.54, 1.807) is 29.6 Å². The van der Waals surface area contributed by atoms with Gasteiger partial charge < -0.3 is 5.11 Å². The first kappa shape index (κ1) is 10.7. The molecule has 0 spiro atoms. The summed E-state index contributed by atoms with van der Waals surface area (Å²) in [6, 6.07) is 1.61. The topological polar surface area (TPSA) is 46.0 Å². The number of aromatic nitrogens is 2. The zero-order chi connectivity index (χ0) is 9.68. The van der Waals surface area contributed by atoms with Gasteiger partial charge in [0.05, 0.1) is 11.4 Å². The first-order valence-electron chi connectivity index (χ1n) is 3.80. The van der Waals surface area contributed by atoms with E-state index >= 15 is 0 Å². The van der Waals surface area contributed by atoms with Crippen LogP contribution in [0.2, 0.25) is 0 Å². The van der Waals surface area contributed by atoms with Gasteiger partial charge in [-0.2, -0.15) is 28.5 Å². The summed E-state index contributed by atoms with van der Waals surface area (Å²) in [5.41, 5.74) is 0.893. The monoisotopic (exact) mass is 216 g/mol. The molecule has 0 aromatic carbocycles. The second kappa shape index (κ2) is 5.34. The smallest absolute Gasteiger partial charge is 0.214 e. The van der Waals surface area contributed by atoms with Crippen molar-refractivity contribution in [1.29, 1.82) is 0 Å². The maximum atomic E-state index is 9.28. The second-order valence-electron chi connectivity index (χ2n) is 2.50. The molecule has 1 rings (SSSR count). The molecule has 0 aliphatic carbocycles. The Balaban J connectivity index is 2.83. The van der Waals surface area contributed by atoms with E-state index in [9.17, 15) is 5.11 Å². The molecule has 0 saturated heterocycles. The summed E-state index contributed by atoms with van der Waals surface area (Å²) in [5.74, 6) is 2.34. The molecule has 1 N–H and O–H groups in total. The normalized spacial score (nSPS) is 10.3. The maximum absolute atomic E-state index is 9.28. The van der Waals surface area contributed by atoms with Gasteiger partial charge in [0.1, 0.15) is 5.82 Å². The molecule has 0 amide bonds. The third-order valence-electron chi connectivity index (χ3n) is 1.38. The Labute approximate surface area is 86.4 Å². The van der Waals surface area contributed by atoms with Crippen LogP contribution in [0.5, 0.6) is 5.88 Å². The quantitative estimate of drug-likeness (QED) is 0.833. The fraction of sp³-hybridized carbons (Fsp3) is 0.500. The highest BCUT2D eigenvalue weighted by Gasteiger charge is 2.02. The summed E-state index contributed by atoms with van der Waals surface area (Å²) in [5, 5.41) is 9.28. The van der Waals surface area contributed by atoms with E-state index in [1.165, 1.54) is 0 Å². The first-order valence-corrected chi connectivity index (χ1v) is 6.58. The van der Waals surface area contributed by atoms with Crippen LogP contribution in [0.15, 0.2) is 6.07 Å². The fourth-order valence-corrected chi connectivity index (χ4v) is 1.78. The molecular formula is C8H12N2OS2. The van der Waals surface area contributed by atoms with Gasteiger partial charge in [-0.05, 0) is 12.5 Å². The summed E-state index contributed by atoms with van der Waals surface area (Å²) < 4.78 is 0. The number of hydrogen-bond donors (Lipinski definition) is 1. The minimum Gasteiger partial charge on any atom is -0.493 e. The van der Waals surface area contributed by atoms with Crippen molar-refractivity contribution in [3.63, 3.8) is 0 Å². The molecule has 1 heterocycles. The minimum absolute atomic E-state index is 0.0723. The van der Waals surface area contributed by atoms with Gasteiger partial charge in [0.2, 0.25) is 5.88 Å². The Hall–Kier alpha value is -0.420. The van der Waals surface area contributed by atoms with Gasteiger partial charge in [-0.15, -0.1) is 0 Å². The van der Waals surface area contributed by atoms with Gasteiger partial charge in [0.25, 0.3) is 0 Å². The van der Waals surface area contributed by atoms with Crippen molar-refractivity contribution in [1.82, 2.24) is 9.97 Å². The van der Waals surface area contributed by atoms with E-state index in [2.05, 4.69) is 9.97 Å². The molecule has 72 valence electrons. The van der Waals surface area contributed by atoms with Crippen molar-refractivity contribution in [2.75, 3.05) is 12.5 Å². The van der Waals surface area contributed by atoms with Crippen LogP contribution in [0.25, 0.3) is 0 Å². The minimum atomic E-state index is 0.0723. The summed E-state index contributed by atoms with van der Waals surface area (Å²) in [4.78, 5) is 8.22. The molecule has 0 atom stereocenters. The van der Waals surface area contributed by atoms with Gasteiger partial charge in [0, 0.05) is 11.8 Å². The van der Waals surface area contributed by atoms with Crippen LogP contribution in [-0.4, -0.2) is 27.6 Å². The molecule has 1 aromatic rings.